The van der Waals surface area contributed by atoms with Crippen LogP contribution in [0.4, 0.5) is 9.59 Å². The summed E-state index contributed by atoms with van der Waals surface area (Å²) in [5.41, 5.74) is 1.19. The van der Waals surface area contributed by atoms with Crippen LogP contribution in [-0.2, 0) is 18.9 Å². The van der Waals surface area contributed by atoms with Crippen molar-refractivity contribution in [2.24, 2.45) is 57.2 Å². The number of rotatable bonds is 4. The van der Waals surface area contributed by atoms with Gasteiger partial charge in [0.2, 0.25) is 0 Å². The molecule has 0 aromatic rings. The summed E-state index contributed by atoms with van der Waals surface area (Å²) in [6.45, 7) is 18.4. The highest BCUT2D eigenvalue weighted by molar-refractivity contribution is 5.69. The Morgan fingerprint density at radius 1 is 0.848 bits per heavy atom. The second-order valence-corrected chi connectivity index (χ2v) is 18.3. The average Bonchev–Trinajstić information content (AvgIpc) is 3.55. The molecule has 0 N–H and O–H groups in total. The van der Waals surface area contributed by atoms with Crippen LogP contribution in [0.25, 0.3) is 0 Å². The van der Waals surface area contributed by atoms with Crippen LogP contribution in [0.3, 0.4) is 0 Å². The van der Waals surface area contributed by atoms with E-state index < -0.39 is 0 Å². The monoisotopic (exact) mass is 640 g/mol. The molecule has 8 aliphatic rings. The molecule has 5 unspecified atom stereocenters. The van der Waals surface area contributed by atoms with Gasteiger partial charge in [-0.15, -0.1) is 0 Å². The molecule has 46 heavy (non-hydrogen) atoms. The maximum Gasteiger partial charge on any atom is 0.410 e. The molecule has 0 bridgehead atoms. The summed E-state index contributed by atoms with van der Waals surface area (Å²) in [4.78, 5) is 29.7. The first kappa shape index (κ1) is 31.7. The molecule has 12 atom stereocenters. The molecule has 2 spiro atoms. The van der Waals surface area contributed by atoms with Crippen LogP contribution in [0.15, 0.2) is 0 Å². The number of amides is 2. The average molecular weight is 641 g/mol. The number of likely N-dealkylation sites (tertiary alicyclic amines) is 1. The van der Waals surface area contributed by atoms with Crippen LogP contribution in [0.1, 0.15) is 106 Å². The third kappa shape index (κ3) is 4.49. The van der Waals surface area contributed by atoms with Gasteiger partial charge in [-0.3, -0.25) is 0 Å². The normalized spacial score (nSPS) is 47.7. The van der Waals surface area contributed by atoms with Gasteiger partial charge < -0.3 is 28.7 Å². The van der Waals surface area contributed by atoms with E-state index in [1.54, 1.807) is 0 Å². The van der Waals surface area contributed by atoms with Crippen LogP contribution < -0.4 is 0 Å². The van der Waals surface area contributed by atoms with E-state index in [0.717, 1.165) is 38.3 Å². The van der Waals surface area contributed by atoms with Gasteiger partial charge in [0.25, 0.3) is 0 Å². The molecule has 258 valence electrons. The lowest BCUT2D eigenvalue weighted by molar-refractivity contribution is -0.167. The quantitative estimate of drug-likeness (QED) is 0.325. The van der Waals surface area contributed by atoms with E-state index in [9.17, 15) is 9.59 Å². The first-order chi connectivity index (χ1) is 21.9. The summed E-state index contributed by atoms with van der Waals surface area (Å²) in [5, 5.41) is 0. The molecule has 8 rings (SSSR count). The largest absolute Gasteiger partial charge is 0.446 e. The second kappa shape index (κ2) is 11.0. The highest BCUT2D eigenvalue weighted by Crippen LogP contribution is 2.87. The van der Waals surface area contributed by atoms with E-state index in [0.29, 0.717) is 66.2 Å². The molecule has 5 saturated carbocycles. The lowest BCUT2D eigenvalue weighted by Gasteiger charge is -2.59. The maximum atomic E-state index is 13.2. The van der Waals surface area contributed by atoms with Gasteiger partial charge in [-0.05, 0) is 116 Å². The third-order valence-electron chi connectivity index (χ3n) is 15.8. The Hall–Kier alpha value is -1.54. The van der Waals surface area contributed by atoms with E-state index in [1.165, 1.54) is 44.9 Å². The molecule has 3 heterocycles. The lowest BCUT2D eigenvalue weighted by Crippen LogP contribution is -2.56. The summed E-state index contributed by atoms with van der Waals surface area (Å²) in [7, 11) is 0. The standard InChI is InChI=1S/C38H60N2O6/c1-23(2)32(46-34(42)39-14-7-15-39)28-20-24(3)31-27(44-28)21-26-25-8-9-29-35(4,5)30(45-33(41)40-16-18-43-19-17-40)10-11-38(29)22-37(25,38)13-12-36(26,31)6/h23-32H,7-22H2,1-6H3/t24-,25?,26?,27?,28?,29+,30+,31+,32-,36?,37+,38-/m1/s1. The van der Waals surface area contributed by atoms with Gasteiger partial charge >= 0.3 is 12.2 Å². The van der Waals surface area contributed by atoms with Crippen LogP contribution in [0.2, 0.25) is 0 Å². The minimum atomic E-state index is -0.185. The van der Waals surface area contributed by atoms with E-state index in [1.807, 2.05) is 9.80 Å². The van der Waals surface area contributed by atoms with Crippen molar-refractivity contribution in [2.45, 2.75) is 130 Å². The molecule has 3 saturated heterocycles. The lowest BCUT2D eigenvalue weighted by atomic mass is 9.46. The number of carbonyl (C=O) groups excluding carboxylic acids is 2. The fourth-order valence-corrected chi connectivity index (χ4v) is 13.5. The Kier molecular flexibility index (Phi) is 7.57. The van der Waals surface area contributed by atoms with E-state index in [-0.39, 0.29) is 47.9 Å². The van der Waals surface area contributed by atoms with E-state index >= 15 is 0 Å². The fourth-order valence-electron chi connectivity index (χ4n) is 13.5. The zero-order chi connectivity index (χ0) is 32.2. The molecule has 0 aromatic heterocycles. The van der Waals surface area contributed by atoms with Crippen molar-refractivity contribution in [1.82, 2.24) is 9.80 Å². The van der Waals surface area contributed by atoms with Gasteiger partial charge in [0, 0.05) is 31.6 Å². The summed E-state index contributed by atoms with van der Waals surface area (Å²) in [6, 6.07) is 0. The van der Waals surface area contributed by atoms with Gasteiger partial charge in [0.15, 0.2) is 0 Å². The van der Waals surface area contributed by atoms with Gasteiger partial charge in [-0.2, -0.15) is 0 Å². The number of hydrogen-bond acceptors (Lipinski definition) is 6. The van der Waals surface area contributed by atoms with Gasteiger partial charge in [0.05, 0.1) is 25.4 Å². The molecular formula is C38H60N2O6. The van der Waals surface area contributed by atoms with Gasteiger partial charge in [-0.25, -0.2) is 9.59 Å². The Balaban J connectivity index is 0.979. The van der Waals surface area contributed by atoms with Crippen molar-refractivity contribution in [3.8, 4) is 0 Å². The van der Waals surface area contributed by atoms with Crippen molar-refractivity contribution in [1.29, 1.82) is 0 Å². The fraction of sp³-hybridized carbons (Fsp3) is 0.947. The Labute approximate surface area is 276 Å². The third-order valence-corrected chi connectivity index (χ3v) is 15.8. The first-order valence-corrected chi connectivity index (χ1v) is 19.1. The number of ether oxygens (including phenoxy) is 4. The molecule has 0 radical (unpaired) electrons. The Morgan fingerprint density at radius 2 is 1.59 bits per heavy atom. The maximum absolute atomic E-state index is 13.2. The Morgan fingerprint density at radius 3 is 2.28 bits per heavy atom. The molecular weight excluding hydrogens is 580 g/mol. The van der Waals surface area contributed by atoms with Crippen molar-refractivity contribution in [2.75, 3.05) is 39.4 Å². The van der Waals surface area contributed by atoms with E-state index in [2.05, 4.69) is 41.5 Å². The van der Waals surface area contributed by atoms with E-state index in [4.69, 9.17) is 18.9 Å². The summed E-state index contributed by atoms with van der Waals surface area (Å²) in [6.07, 6.45) is 11.8. The predicted octanol–water partition coefficient (Wildman–Crippen LogP) is 7.14. The summed E-state index contributed by atoms with van der Waals surface area (Å²) < 4.78 is 25.1. The Bertz CT molecular complexity index is 1210. The van der Waals surface area contributed by atoms with Gasteiger partial charge in [-0.1, -0.05) is 41.5 Å². The molecule has 8 fully saturated rings. The molecule has 0 aromatic carbocycles. The highest BCUT2D eigenvalue weighted by atomic mass is 16.6. The smallest absolute Gasteiger partial charge is 0.410 e. The van der Waals surface area contributed by atoms with Crippen LogP contribution in [-0.4, -0.2) is 85.8 Å². The minimum absolute atomic E-state index is 0.00819. The number of carbonyl (C=O) groups is 2. The molecule has 2 amide bonds. The number of nitrogens with zero attached hydrogens (tertiary/aromatic N) is 2. The second-order valence-electron chi connectivity index (χ2n) is 18.3. The van der Waals surface area contributed by atoms with Gasteiger partial charge in [0.1, 0.15) is 12.2 Å². The zero-order valence-corrected chi connectivity index (χ0v) is 29.4. The molecule has 5 aliphatic carbocycles. The van der Waals surface area contributed by atoms with Crippen LogP contribution >= 0.6 is 0 Å². The SMILES string of the molecule is CC(C)[C@@H](OC(=O)N1CCC1)C1C[C@@H](C)[C@H]2C(CC3C4CC[C@H]5C(C)(C)[C@@H](OC(=O)N6CCOCC6)CC[C@@]56C[C@@]46CCC32C)O1. The van der Waals surface area contributed by atoms with Crippen LogP contribution in [0, 0.1) is 57.2 Å². The number of hydrogen-bond donors (Lipinski definition) is 0. The number of morpholine rings is 1. The number of fused-ring (bicyclic) bond motifs is 4. The topological polar surface area (TPSA) is 77.5 Å². The van der Waals surface area contributed by atoms with Crippen LogP contribution in [0.5, 0.6) is 0 Å². The molecule has 3 aliphatic heterocycles. The van der Waals surface area contributed by atoms with Crippen molar-refractivity contribution < 1.29 is 28.5 Å². The molecule has 8 nitrogen and oxygen atoms in total. The first-order valence-electron chi connectivity index (χ1n) is 19.1. The van der Waals surface area contributed by atoms with Crippen molar-refractivity contribution >= 4 is 12.2 Å². The summed E-state index contributed by atoms with van der Waals surface area (Å²) in [5.74, 6) is 3.48. The molecule has 8 heteroatoms. The van der Waals surface area contributed by atoms with Crippen molar-refractivity contribution in [3.63, 3.8) is 0 Å². The minimum Gasteiger partial charge on any atom is -0.446 e. The predicted molar refractivity (Wildman–Crippen MR) is 174 cm³/mol. The zero-order valence-electron chi connectivity index (χ0n) is 29.4. The van der Waals surface area contributed by atoms with Crippen molar-refractivity contribution in [3.05, 3.63) is 0 Å². The summed E-state index contributed by atoms with van der Waals surface area (Å²) >= 11 is 0. The highest BCUT2D eigenvalue weighted by Gasteiger charge is 2.81.